The maximum absolute atomic E-state index is 12.1. The van der Waals surface area contributed by atoms with Crippen molar-refractivity contribution >= 4 is 10.0 Å². The zero-order valence-corrected chi connectivity index (χ0v) is 10.8. The molecule has 2 atom stereocenters. The summed E-state index contributed by atoms with van der Waals surface area (Å²) >= 11 is 0. The van der Waals surface area contributed by atoms with E-state index in [1.54, 1.807) is 25.1 Å². The second kappa shape index (κ2) is 4.03. The number of rotatable bonds is 2. The largest absolute Gasteiger partial charge is 0.328 e. The smallest absolute Gasteiger partial charge is 0.219 e. The average Bonchev–Trinajstić information content (AvgIpc) is 2.49. The second-order valence-electron chi connectivity index (χ2n) is 5.38. The molecule has 0 saturated carbocycles. The molecule has 1 heterocycles. The first-order chi connectivity index (χ1) is 6.66. The van der Waals surface area contributed by atoms with Crippen LogP contribution in [0.4, 0.5) is 0 Å². The minimum absolute atomic E-state index is 0.0742. The Morgan fingerprint density at radius 1 is 1.40 bits per heavy atom. The van der Waals surface area contributed by atoms with Crippen molar-refractivity contribution in [3.63, 3.8) is 0 Å². The first-order valence-corrected chi connectivity index (χ1v) is 6.85. The number of hydrogen-bond donors (Lipinski definition) is 1. The molecule has 0 aromatic carbocycles. The fourth-order valence-corrected chi connectivity index (χ4v) is 3.30. The highest BCUT2D eigenvalue weighted by atomic mass is 32.2. The van der Waals surface area contributed by atoms with Gasteiger partial charge in [-0.3, -0.25) is 0 Å². The molecule has 4 nitrogen and oxygen atoms in total. The predicted molar refractivity (Wildman–Crippen MR) is 62.0 cm³/mol. The fourth-order valence-electron chi connectivity index (χ4n) is 1.79. The van der Waals surface area contributed by atoms with Gasteiger partial charge in [-0.2, -0.15) is 0 Å². The van der Waals surface area contributed by atoms with Crippen molar-refractivity contribution in [2.24, 2.45) is 11.7 Å². The Morgan fingerprint density at radius 2 is 1.93 bits per heavy atom. The van der Waals surface area contributed by atoms with Crippen LogP contribution in [0.1, 0.15) is 34.1 Å². The molecule has 1 rings (SSSR count). The lowest BCUT2D eigenvalue weighted by Crippen LogP contribution is -2.42. The van der Waals surface area contributed by atoms with Gasteiger partial charge in [0.25, 0.3) is 0 Å². The van der Waals surface area contributed by atoms with Gasteiger partial charge in [-0.05, 0) is 40.0 Å². The molecule has 0 radical (unpaired) electrons. The maximum Gasteiger partial charge on any atom is 0.219 e. The van der Waals surface area contributed by atoms with Crippen LogP contribution in [0.3, 0.4) is 0 Å². The van der Waals surface area contributed by atoms with Gasteiger partial charge in [-0.1, -0.05) is 0 Å². The molecular weight excluding hydrogens is 212 g/mol. The lowest BCUT2D eigenvalue weighted by molar-refractivity contribution is 0.415. The Kier molecular flexibility index (Phi) is 3.48. The molecule has 15 heavy (non-hydrogen) atoms. The van der Waals surface area contributed by atoms with E-state index >= 15 is 0 Å². The number of sulfonamides is 1. The molecule has 0 aromatic heterocycles. The van der Waals surface area contributed by atoms with Crippen molar-refractivity contribution in [2.45, 2.75) is 44.9 Å². The van der Waals surface area contributed by atoms with Crippen LogP contribution in [0.2, 0.25) is 0 Å². The monoisotopic (exact) mass is 234 g/mol. The summed E-state index contributed by atoms with van der Waals surface area (Å²) in [5.41, 5.74) is 5.79. The summed E-state index contributed by atoms with van der Waals surface area (Å²) in [5, 5.41) is 0. The van der Waals surface area contributed by atoms with Crippen molar-refractivity contribution in [1.82, 2.24) is 4.31 Å². The Bertz CT molecular complexity index is 317. The Labute approximate surface area is 92.9 Å². The SMILES string of the molecule is CC(N)C1CCN(S(=O)(=O)C(C)(C)C)C1. The van der Waals surface area contributed by atoms with Crippen molar-refractivity contribution in [3.8, 4) is 0 Å². The van der Waals surface area contributed by atoms with Gasteiger partial charge in [0, 0.05) is 19.1 Å². The molecule has 0 bridgehead atoms. The highest BCUT2D eigenvalue weighted by Gasteiger charge is 2.39. The van der Waals surface area contributed by atoms with Crippen LogP contribution in [-0.2, 0) is 10.0 Å². The van der Waals surface area contributed by atoms with Gasteiger partial charge in [0.2, 0.25) is 10.0 Å². The fraction of sp³-hybridized carbons (Fsp3) is 1.00. The molecule has 0 amide bonds. The molecule has 1 saturated heterocycles. The van der Waals surface area contributed by atoms with Crippen LogP contribution >= 0.6 is 0 Å². The molecule has 0 spiro atoms. The van der Waals surface area contributed by atoms with E-state index in [-0.39, 0.29) is 6.04 Å². The van der Waals surface area contributed by atoms with Crippen LogP contribution in [0.5, 0.6) is 0 Å². The Morgan fingerprint density at radius 3 is 2.27 bits per heavy atom. The van der Waals surface area contributed by atoms with E-state index in [0.717, 1.165) is 6.42 Å². The standard InChI is InChI=1S/C10H22N2O2S/c1-8(11)9-5-6-12(7-9)15(13,14)10(2,3)4/h8-9H,5-7,11H2,1-4H3. The molecule has 0 aromatic rings. The summed E-state index contributed by atoms with van der Waals surface area (Å²) in [6, 6.07) is 0.0742. The summed E-state index contributed by atoms with van der Waals surface area (Å²) in [5.74, 6) is 0.308. The summed E-state index contributed by atoms with van der Waals surface area (Å²) < 4.78 is 25.1. The van der Waals surface area contributed by atoms with Gasteiger partial charge in [0.15, 0.2) is 0 Å². The summed E-state index contributed by atoms with van der Waals surface area (Å²) in [4.78, 5) is 0. The first kappa shape index (κ1) is 12.9. The number of hydrogen-bond acceptors (Lipinski definition) is 3. The van der Waals surface area contributed by atoms with E-state index < -0.39 is 14.8 Å². The molecule has 5 heteroatoms. The summed E-state index contributed by atoms with van der Waals surface area (Å²) in [7, 11) is -3.16. The molecule has 2 unspecified atom stereocenters. The predicted octanol–water partition coefficient (Wildman–Crippen LogP) is 0.784. The van der Waals surface area contributed by atoms with Crippen molar-refractivity contribution < 1.29 is 8.42 Å². The molecule has 0 aliphatic carbocycles. The van der Waals surface area contributed by atoms with Crippen molar-refractivity contribution in [1.29, 1.82) is 0 Å². The normalized spacial score (nSPS) is 26.9. The van der Waals surface area contributed by atoms with Gasteiger partial charge >= 0.3 is 0 Å². The van der Waals surface area contributed by atoms with Gasteiger partial charge in [-0.15, -0.1) is 0 Å². The Balaban J connectivity index is 2.78. The zero-order valence-electron chi connectivity index (χ0n) is 10.0. The van der Waals surface area contributed by atoms with E-state index in [4.69, 9.17) is 5.73 Å². The van der Waals surface area contributed by atoms with Crippen LogP contribution in [0, 0.1) is 5.92 Å². The molecule has 1 aliphatic heterocycles. The molecule has 1 fully saturated rings. The molecule has 90 valence electrons. The van der Waals surface area contributed by atoms with E-state index in [1.165, 1.54) is 0 Å². The highest BCUT2D eigenvalue weighted by Crippen LogP contribution is 2.27. The van der Waals surface area contributed by atoms with E-state index in [0.29, 0.717) is 19.0 Å². The summed E-state index contributed by atoms with van der Waals surface area (Å²) in [6.07, 6.45) is 0.882. The molecular formula is C10H22N2O2S. The number of nitrogens with two attached hydrogens (primary N) is 1. The van der Waals surface area contributed by atoms with E-state index in [2.05, 4.69) is 0 Å². The lowest BCUT2D eigenvalue weighted by Gasteiger charge is -2.27. The van der Waals surface area contributed by atoms with E-state index in [1.807, 2.05) is 6.92 Å². The molecule has 2 N–H and O–H groups in total. The quantitative estimate of drug-likeness (QED) is 0.768. The maximum atomic E-state index is 12.1. The summed E-state index contributed by atoms with van der Waals surface area (Å²) in [6.45, 7) is 8.35. The highest BCUT2D eigenvalue weighted by molar-refractivity contribution is 7.90. The topological polar surface area (TPSA) is 63.4 Å². The minimum Gasteiger partial charge on any atom is -0.328 e. The minimum atomic E-state index is -3.16. The Hall–Kier alpha value is -0.130. The zero-order chi connectivity index (χ0) is 11.9. The van der Waals surface area contributed by atoms with Crippen LogP contribution < -0.4 is 5.73 Å². The molecule has 1 aliphatic rings. The van der Waals surface area contributed by atoms with E-state index in [9.17, 15) is 8.42 Å². The van der Waals surface area contributed by atoms with Crippen LogP contribution in [0.15, 0.2) is 0 Å². The third-order valence-electron chi connectivity index (χ3n) is 3.04. The second-order valence-corrected chi connectivity index (χ2v) is 8.07. The van der Waals surface area contributed by atoms with Gasteiger partial charge in [0.1, 0.15) is 0 Å². The van der Waals surface area contributed by atoms with Gasteiger partial charge in [-0.25, -0.2) is 12.7 Å². The average molecular weight is 234 g/mol. The van der Waals surface area contributed by atoms with Crippen molar-refractivity contribution in [3.05, 3.63) is 0 Å². The number of nitrogens with zero attached hydrogens (tertiary/aromatic N) is 1. The third-order valence-corrected chi connectivity index (χ3v) is 5.60. The third kappa shape index (κ3) is 2.52. The van der Waals surface area contributed by atoms with Crippen LogP contribution in [-0.4, -0.2) is 36.6 Å². The van der Waals surface area contributed by atoms with Crippen molar-refractivity contribution in [2.75, 3.05) is 13.1 Å². The van der Waals surface area contributed by atoms with Gasteiger partial charge in [0.05, 0.1) is 4.75 Å². The van der Waals surface area contributed by atoms with Gasteiger partial charge < -0.3 is 5.73 Å². The first-order valence-electron chi connectivity index (χ1n) is 5.41. The lowest BCUT2D eigenvalue weighted by atomic mass is 10.0. The van der Waals surface area contributed by atoms with Crippen LogP contribution in [0.25, 0.3) is 0 Å².